The number of hydrogen-bond acceptors (Lipinski definition) is 2. The van der Waals surface area contributed by atoms with Crippen LogP contribution in [0.5, 0.6) is 0 Å². The number of hydrogen-bond donors (Lipinski definition) is 2. The first-order chi connectivity index (χ1) is 8.55. The second kappa shape index (κ2) is 5.30. The lowest BCUT2D eigenvalue weighted by atomic mass is 9.86. The number of amides is 1. The number of carbonyl (C=O) groups excluding carboxylic acids is 1. The molecule has 1 aliphatic carbocycles. The molecule has 9 heteroatoms. The van der Waals surface area contributed by atoms with Gasteiger partial charge in [-0.25, -0.2) is 0 Å². The van der Waals surface area contributed by atoms with E-state index in [2.05, 4.69) is 0 Å². The summed E-state index contributed by atoms with van der Waals surface area (Å²) < 4.78 is 61.1. The molecule has 0 bridgehead atoms. The van der Waals surface area contributed by atoms with E-state index < -0.39 is 35.9 Å². The van der Waals surface area contributed by atoms with Crippen LogP contribution in [0.25, 0.3) is 0 Å². The van der Waals surface area contributed by atoms with E-state index in [9.17, 15) is 31.5 Å². The van der Waals surface area contributed by atoms with Crippen LogP contribution in [-0.4, -0.2) is 35.1 Å². The second-order valence-electron chi connectivity index (χ2n) is 4.43. The van der Waals surface area contributed by atoms with Crippen molar-refractivity contribution in [2.24, 2.45) is 5.92 Å². The standard InChI is InChI=1S/C10H12F5NO3/c11-9(12,10(13,14)15)8(19)16-6-3-1-5(2-4-6)7(17)18/h5-6H,1-4H2,(H,16,19)(H,17,18). The SMILES string of the molecule is O=C(O)C1CCC(NC(=O)C(F)(F)C(F)(F)F)CC1. The second-order valence-corrected chi connectivity index (χ2v) is 4.43. The quantitative estimate of drug-likeness (QED) is 0.780. The number of halogens is 5. The van der Waals surface area contributed by atoms with Gasteiger partial charge in [0.15, 0.2) is 0 Å². The lowest BCUT2D eigenvalue weighted by molar-refractivity contribution is -0.270. The summed E-state index contributed by atoms with van der Waals surface area (Å²) in [6, 6.07) is -0.851. The molecule has 1 saturated carbocycles. The van der Waals surface area contributed by atoms with E-state index in [1.807, 2.05) is 0 Å². The monoisotopic (exact) mass is 289 g/mol. The third-order valence-corrected chi connectivity index (χ3v) is 3.05. The molecule has 1 aliphatic rings. The van der Waals surface area contributed by atoms with Crippen LogP contribution >= 0.6 is 0 Å². The summed E-state index contributed by atoms with van der Waals surface area (Å²) in [5.74, 6) is -9.50. The zero-order chi connectivity index (χ0) is 14.8. The van der Waals surface area contributed by atoms with Gasteiger partial charge in [0.05, 0.1) is 5.92 Å². The number of alkyl halides is 5. The summed E-state index contributed by atoms with van der Waals surface area (Å²) >= 11 is 0. The number of rotatable bonds is 3. The maximum Gasteiger partial charge on any atom is 0.463 e. The Morgan fingerprint density at radius 1 is 1.00 bits per heavy atom. The van der Waals surface area contributed by atoms with Gasteiger partial charge in [0.2, 0.25) is 0 Å². The molecule has 0 aromatic heterocycles. The van der Waals surface area contributed by atoms with E-state index in [-0.39, 0.29) is 25.7 Å². The third kappa shape index (κ3) is 3.54. The predicted molar refractivity (Wildman–Crippen MR) is 52.5 cm³/mol. The zero-order valence-electron chi connectivity index (χ0n) is 9.64. The molecule has 0 aliphatic heterocycles. The number of carboxylic acid groups (broad SMARTS) is 1. The van der Waals surface area contributed by atoms with Gasteiger partial charge < -0.3 is 10.4 Å². The van der Waals surface area contributed by atoms with Crippen LogP contribution in [0.1, 0.15) is 25.7 Å². The first-order valence-corrected chi connectivity index (χ1v) is 5.54. The first-order valence-electron chi connectivity index (χ1n) is 5.54. The first kappa shape index (κ1) is 15.6. The van der Waals surface area contributed by atoms with Crippen LogP contribution in [0.4, 0.5) is 22.0 Å². The number of aliphatic carboxylic acids is 1. The molecule has 110 valence electrons. The van der Waals surface area contributed by atoms with Crippen LogP contribution in [0.15, 0.2) is 0 Å². The van der Waals surface area contributed by atoms with Gasteiger partial charge in [0.1, 0.15) is 0 Å². The van der Waals surface area contributed by atoms with E-state index in [4.69, 9.17) is 5.11 Å². The van der Waals surface area contributed by atoms with Crippen molar-refractivity contribution in [1.29, 1.82) is 0 Å². The Morgan fingerprint density at radius 3 is 1.84 bits per heavy atom. The molecule has 1 amide bonds. The Kier molecular flexibility index (Phi) is 4.36. The molecule has 4 nitrogen and oxygen atoms in total. The maximum atomic E-state index is 12.7. The Balaban J connectivity index is 2.54. The van der Waals surface area contributed by atoms with Gasteiger partial charge in [0, 0.05) is 6.04 Å². The molecule has 2 N–H and O–H groups in total. The Morgan fingerprint density at radius 2 is 1.47 bits per heavy atom. The lowest BCUT2D eigenvalue weighted by Gasteiger charge is -2.28. The molecule has 0 aromatic rings. The average molecular weight is 289 g/mol. The molecule has 0 unspecified atom stereocenters. The lowest BCUT2D eigenvalue weighted by Crippen LogP contribution is -2.53. The zero-order valence-corrected chi connectivity index (χ0v) is 9.64. The molecule has 1 rings (SSSR count). The Labute approximate surface area is 105 Å². The summed E-state index contributed by atoms with van der Waals surface area (Å²) in [6.07, 6.45) is -5.53. The van der Waals surface area contributed by atoms with E-state index in [0.29, 0.717) is 0 Å². The number of nitrogens with one attached hydrogen (secondary N) is 1. The fourth-order valence-electron chi connectivity index (χ4n) is 1.89. The summed E-state index contributed by atoms with van der Waals surface area (Å²) in [5.41, 5.74) is 0. The largest absolute Gasteiger partial charge is 0.481 e. The van der Waals surface area contributed by atoms with Crippen molar-refractivity contribution in [3.05, 3.63) is 0 Å². The van der Waals surface area contributed by atoms with Crippen molar-refractivity contribution in [3.8, 4) is 0 Å². The average Bonchev–Trinajstić information content (AvgIpc) is 2.28. The fourth-order valence-corrected chi connectivity index (χ4v) is 1.89. The van der Waals surface area contributed by atoms with Crippen LogP contribution in [-0.2, 0) is 9.59 Å². The molecular weight excluding hydrogens is 277 g/mol. The van der Waals surface area contributed by atoms with Gasteiger partial charge in [-0.1, -0.05) is 0 Å². The van der Waals surface area contributed by atoms with Crippen molar-refractivity contribution < 1.29 is 36.6 Å². The fraction of sp³-hybridized carbons (Fsp3) is 0.800. The Hall–Kier alpha value is -1.41. The number of carboxylic acids is 1. The minimum Gasteiger partial charge on any atom is -0.481 e. The van der Waals surface area contributed by atoms with E-state index in [0.717, 1.165) is 0 Å². The Bertz CT molecular complexity index is 361. The van der Waals surface area contributed by atoms with Gasteiger partial charge >= 0.3 is 24.0 Å². The maximum absolute atomic E-state index is 12.7. The molecule has 0 radical (unpaired) electrons. The third-order valence-electron chi connectivity index (χ3n) is 3.05. The van der Waals surface area contributed by atoms with Gasteiger partial charge in [0.25, 0.3) is 0 Å². The van der Waals surface area contributed by atoms with Crippen LogP contribution in [0.2, 0.25) is 0 Å². The highest BCUT2D eigenvalue weighted by Crippen LogP contribution is 2.36. The summed E-state index contributed by atoms with van der Waals surface area (Å²) in [7, 11) is 0. The highest BCUT2D eigenvalue weighted by Gasteiger charge is 2.63. The smallest absolute Gasteiger partial charge is 0.463 e. The van der Waals surface area contributed by atoms with Gasteiger partial charge in [-0.3, -0.25) is 9.59 Å². The van der Waals surface area contributed by atoms with E-state index in [1.165, 1.54) is 0 Å². The van der Waals surface area contributed by atoms with E-state index in [1.54, 1.807) is 5.32 Å². The van der Waals surface area contributed by atoms with Gasteiger partial charge in [-0.2, -0.15) is 22.0 Å². The summed E-state index contributed by atoms with van der Waals surface area (Å²) in [5, 5.41) is 10.3. The molecule has 0 heterocycles. The minimum absolute atomic E-state index is 0.0661. The van der Waals surface area contributed by atoms with Crippen molar-refractivity contribution in [3.63, 3.8) is 0 Å². The molecule has 19 heavy (non-hydrogen) atoms. The highest BCUT2D eigenvalue weighted by molar-refractivity contribution is 5.84. The van der Waals surface area contributed by atoms with Gasteiger partial charge in [-0.05, 0) is 25.7 Å². The van der Waals surface area contributed by atoms with Crippen molar-refractivity contribution in [2.75, 3.05) is 0 Å². The topological polar surface area (TPSA) is 66.4 Å². The van der Waals surface area contributed by atoms with Gasteiger partial charge in [-0.15, -0.1) is 0 Å². The van der Waals surface area contributed by atoms with Crippen LogP contribution in [0, 0.1) is 5.92 Å². The van der Waals surface area contributed by atoms with Crippen molar-refractivity contribution in [1.82, 2.24) is 5.32 Å². The predicted octanol–water partition coefficient (Wildman–Crippen LogP) is 1.94. The molecule has 0 aromatic carbocycles. The molecular formula is C10H12F5NO3. The normalized spacial score (nSPS) is 24.9. The number of carbonyl (C=O) groups is 2. The minimum atomic E-state index is -5.94. The van der Waals surface area contributed by atoms with E-state index >= 15 is 0 Å². The summed E-state index contributed by atoms with van der Waals surface area (Å²) in [6.45, 7) is 0. The van der Waals surface area contributed by atoms with Crippen molar-refractivity contribution >= 4 is 11.9 Å². The van der Waals surface area contributed by atoms with Crippen molar-refractivity contribution in [2.45, 2.75) is 43.8 Å². The van der Waals surface area contributed by atoms with Crippen LogP contribution < -0.4 is 5.32 Å². The van der Waals surface area contributed by atoms with Crippen LogP contribution in [0.3, 0.4) is 0 Å². The molecule has 0 spiro atoms. The molecule has 0 atom stereocenters. The molecule has 1 fully saturated rings. The summed E-state index contributed by atoms with van der Waals surface area (Å²) in [4.78, 5) is 21.5. The highest BCUT2D eigenvalue weighted by atomic mass is 19.4. The molecule has 0 saturated heterocycles.